The van der Waals surface area contributed by atoms with Crippen LogP contribution in [0.25, 0.3) is 0 Å². The highest BCUT2D eigenvalue weighted by atomic mass is 35.5. The van der Waals surface area contributed by atoms with Crippen LogP contribution in [0, 0.1) is 0 Å². The lowest BCUT2D eigenvalue weighted by Crippen LogP contribution is -2.23. The van der Waals surface area contributed by atoms with E-state index in [-0.39, 0.29) is 0 Å². The Bertz CT molecular complexity index is 796. The normalized spacial score (nSPS) is 13.8. The third-order valence-corrected chi connectivity index (χ3v) is 4.30. The highest BCUT2D eigenvalue weighted by molar-refractivity contribution is 6.31. The van der Waals surface area contributed by atoms with Crippen molar-refractivity contribution >= 4 is 23.2 Å². The van der Waals surface area contributed by atoms with Crippen LogP contribution < -0.4 is 25.3 Å². The van der Waals surface area contributed by atoms with Crippen molar-refractivity contribution in [3.8, 4) is 17.2 Å². The molecule has 7 heteroatoms. The molecule has 0 aromatic heterocycles. The lowest BCUT2D eigenvalue weighted by Gasteiger charge is -2.11. The molecule has 1 aliphatic rings. The minimum absolute atomic E-state index is 0.337. The van der Waals surface area contributed by atoms with E-state index < -0.39 is 0 Å². The van der Waals surface area contributed by atoms with Gasteiger partial charge < -0.3 is 25.3 Å². The molecule has 6 nitrogen and oxygen atoms in total. The van der Waals surface area contributed by atoms with Crippen molar-refractivity contribution in [1.82, 2.24) is 0 Å². The Labute approximate surface area is 157 Å². The van der Waals surface area contributed by atoms with Gasteiger partial charge in [0.05, 0.1) is 20.3 Å². The predicted octanol–water partition coefficient (Wildman–Crippen LogP) is 3.48. The highest BCUT2D eigenvalue weighted by Crippen LogP contribution is 2.32. The van der Waals surface area contributed by atoms with Crippen molar-refractivity contribution in [2.75, 3.05) is 32.2 Å². The minimum atomic E-state index is 0.337. The van der Waals surface area contributed by atoms with Gasteiger partial charge in [-0.05, 0) is 36.2 Å². The number of nitrogens with two attached hydrogens (primary N) is 1. The first-order chi connectivity index (χ1) is 12.7. The summed E-state index contributed by atoms with van der Waals surface area (Å²) in [5.41, 5.74) is 7.78. The topological polar surface area (TPSA) is 78.1 Å². The molecule has 0 atom stereocenters. The van der Waals surface area contributed by atoms with Crippen molar-refractivity contribution in [3.63, 3.8) is 0 Å². The largest absolute Gasteiger partial charge is 0.497 e. The lowest BCUT2D eigenvalue weighted by molar-refractivity contribution is 0.297. The van der Waals surface area contributed by atoms with Gasteiger partial charge in [0, 0.05) is 29.7 Å². The number of ether oxygens (including phenoxy) is 3. The van der Waals surface area contributed by atoms with Gasteiger partial charge in [0.25, 0.3) is 0 Å². The van der Waals surface area contributed by atoms with Crippen LogP contribution in [0.1, 0.15) is 12.0 Å². The van der Waals surface area contributed by atoms with E-state index in [0.717, 1.165) is 29.2 Å². The number of aliphatic imine (C=N–C) groups is 1. The van der Waals surface area contributed by atoms with Crippen LogP contribution in [0.2, 0.25) is 5.02 Å². The van der Waals surface area contributed by atoms with Crippen LogP contribution in [-0.2, 0) is 6.42 Å². The molecule has 3 N–H and O–H groups in total. The molecule has 3 rings (SSSR count). The number of anilines is 1. The van der Waals surface area contributed by atoms with Gasteiger partial charge in [-0.2, -0.15) is 0 Å². The number of nitrogens with one attached hydrogen (secondary N) is 1. The molecule has 2 aromatic carbocycles. The summed E-state index contributed by atoms with van der Waals surface area (Å²) < 4.78 is 16.4. The van der Waals surface area contributed by atoms with Crippen molar-refractivity contribution < 1.29 is 14.2 Å². The monoisotopic (exact) mass is 375 g/mol. The van der Waals surface area contributed by atoms with Gasteiger partial charge in [-0.3, -0.25) is 4.99 Å². The Morgan fingerprint density at radius 3 is 2.77 bits per heavy atom. The maximum absolute atomic E-state index is 6.23. The molecule has 0 saturated heterocycles. The van der Waals surface area contributed by atoms with E-state index in [1.165, 1.54) is 0 Å². The van der Waals surface area contributed by atoms with Crippen molar-refractivity contribution in [2.45, 2.75) is 12.8 Å². The van der Waals surface area contributed by atoms with Crippen LogP contribution in [0.3, 0.4) is 0 Å². The lowest BCUT2D eigenvalue weighted by atomic mass is 10.1. The standard InChI is InChI=1S/C19H22ClN3O3/c1-24-15-5-3-13(16(20)12-15)7-8-22-19(21)23-14-4-6-17-18(11-14)26-10-2-9-25-17/h3-6,11-12H,2,7-10H2,1H3,(H3,21,22,23). The average Bonchev–Trinajstić information content (AvgIpc) is 2.88. The Morgan fingerprint density at radius 1 is 1.19 bits per heavy atom. The Hall–Kier alpha value is -2.60. The van der Waals surface area contributed by atoms with E-state index >= 15 is 0 Å². The third kappa shape index (κ3) is 4.73. The molecule has 1 aliphatic heterocycles. The van der Waals surface area contributed by atoms with Crippen molar-refractivity contribution in [3.05, 3.63) is 47.0 Å². The summed E-state index contributed by atoms with van der Waals surface area (Å²) in [6, 6.07) is 11.2. The van der Waals surface area contributed by atoms with E-state index in [2.05, 4.69) is 10.3 Å². The predicted molar refractivity (Wildman–Crippen MR) is 104 cm³/mol. The van der Waals surface area contributed by atoms with Crippen LogP contribution in [0.5, 0.6) is 17.2 Å². The van der Waals surface area contributed by atoms with Gasteiger partial charge >= 0.3 is 0 Å². The SMILES string of the molecule is COc1ccc(CCN=C(N)Nc2ccc3c(c2)OCCCO3)c(Cl)c1. The number of fused-ring (bicyclic) bond motifs is 1. The molecule has 26 heavy (non-hydrogen) atoms. The molecule has 1 heterocycles. The maximum Gasteiger partial charge on any atom is 0.193 e. The number of methoxy groups -OCH3 is 1. The van der Waals surface area contributed by atoms with Crippen LogP contribution >= 0.6 is 11.6 Å². The highest BCUT2D eigenvalue weighted by Gasteiger charge is 2.11. The number of guanidine groups is 1. The molecule has 0 saturated carbocycles. The zero-order valence-electron chi connectivity index (χ0n) is 14.6. The Balaban J connectivity index is 1.58. The van der Waals surface area contributed by atoms with Gasteiger partial charge in [0.2, 0.25) is 0 Å². The molecule has 0 bridgehead atoms. The van der Waals surface area contributed by atoms with E-state index in [0.29, 0.717) is 42.9 Å². The van der Waals surface area contributed by atoms with E-state index in [1.807, 2.05) is 30.3 Å². The summed E-state index contributed by atoms with van der Waals surface area (Å²) in [7, 11) is 1.61. The van der Waals surface area contributed by atoms with E-state index in [4.69, 9.17) is 31.5 Å². The number of hydrogen-bond donors (Lipinski definition) is 2. The second kappa shape index (κ2) is 8.67. The van der Waals surface area contributed by atoms with Crippen LogP contribution in [0.4, 0.5) is 5.69 Å². The molecule has 0 fully saturated rings. The smallest absolute Gasteiger partial charge is 0.193 e. The Morgan fingerprint density at radius 2 is 2.00 bits per heavy atom. The molecule has 0 unspecified atom stereocenters. The molecule has 138 valence electrons. The first kappa shape index (κ1) is 18.2. The number of rotatable bonds is 5. The third-order valence-electron chi connectivity index (χ3n) is 3.94. The summed E-state index contributed by atoms with van der Waals surface area (Å²) in [6.45, 7) is 1.83. The zero-order chi connectivity index (χ0) is 18.4. The fourth-order valence-corrected chi connectivity index (χ4v) is 2.85. The van der Waals surface area contributed by atoms with Gasteiger partial charge in [0.15, 0.2) is 17.5 Å². The fourth-order valence-electron chi connectivity index (χ4n) is 2.58. The Kier molecular flexibility index (Phi) is 6.07. The average molecular weight is 376 g/mol. The van der Waals surface area contributed by atoms with Gasteiger partial charge in [-0.25, -0.2) is 0 Å². The fraction of sp³-hybridized carbons (Fsp3) is 0.316. The summed E-state index contributed by atoms with van der Waals surface area (Å²) in [6.07, 6.45) is 1.56. The van der Waals surface area contributed by atoms with Crippen molar-refractivity contribution in [2.24, 2.45) is 10.7 Å². The van der Waals surface area contributed by atoms with Crippen molar-refractivity contribution in [1.29, 1.82) is 0 Å². The zero-order valence-corrected chi connectivity index (χ0v) is 15.4. The first-order valence-electron chi connectivity index (χ1n) is 8.45. The second-order valence-electron chi connectivity index (χ2n) is 5.81. The summed E-state index contributed by atoms with van der Waals surface area (Å²) in [4.78, 5) is 4.35. The molecule has 0 spiro atoms. The quantitative estimate of drug-likeness (QED) is 0.618. The molecular formula is C19H22ClN3O3. The van der Waals surface area contributed by atoms with Gasteiger partial charge in [0.1, 0.15) is 5.75 Å². The van der Waals surface area contributed by atoms with Gasteiger partial charge in [-0.15, -0.1) is 0 Å². The maximum atomic E-state index is 6.23. The molecule has 0 aliphatic carbocycles. The minimum Gasteiger partial charge on any atom is -0.497 e. The van der Waals surface area contributed by atoms with Gasteiger partial charge in [-0.1, -0.05) is 17.7 Å². The molecule has 2 aromatic rings. The second-order valence-corrected chi connectivity index (χ2v) is 6.22. The summed E-state index contributed by atoms with van der Waals surface area (Å²) >= 11 is 6.23. The number of benzene rings is 2. The molecule has 0 amide bonds. The van der Waals surface area contributed by atoms with Crippen LogP contribution in [-0.4, -0.2) is 32.8 Å². The summed E-state index contributed by atoms with van der Waals surface area (Å²) in [5, 5.41) is 3.73. The van der Waals surface area contributed by atoms with E-state index in [1.54, 1.807) is 13.2 Å². The molecule has 0 radical (unpaired) electrons. The first-order valence-corrected chi connectivity index (χ1v) is 8.82. The van der Waals surface area contributed by atoms with E-state index in [9.17, 15) is 0 Å². The summed E-state index contributed by atoms with van der Waals surface area (Å²) in [5.74, 6) is 2.53. The molecular weight excluding hydrogens is 354 g/mol. The number of hydrogen-bond acceptors (Lipinski definition) is 4. The van der Waals surface area contributed by atoms with Crippen LogP contribution in [0.15, 0.2) is 41.4 Å². The number of nitrogens with zero attached hydrogens (tertiary/aromatic N) is 1. The number of halogens is 1.